The number of esters is 1. The molecule has 0 saturated heterocycles. The normalized spacial score (nSPS) is 9.69. The van der Waals surface area contributed by atoms with Crippen molar-refractivity contribution in [2.24, 2.45) is 0 Å². The molecule has 0 atom stereocenters. The molecule has 2 nitrogen and oxygen atoms in total. The second-order valence-electron chi connectivity index (χ2n) is 2.61. The molecular weight excluding hydrogens is 279 g/mol. The molecule has 0 bridgehead atoms. The van der Waals surface area contributed by atoms with Crippen LogP contribution in [0.25, 0.3) is 0 Å². The van der Waals surface area contributed by atoms with Crippen molar-refractivity contribution in [2.45, 2.75) is 13.3 Å². The van der Waals surface area contributed by atoms with E-state index in [1.807, 2.05) is 31.2 Å². The van der Waals surface area contributed by atoms with Crippen molar-refractivity contribution in [3.8, 4) is 0 Å². The van der Waals surface area contributed by atoms with Crippen molar-refractivity contribution >= 4 is 28.6 Å². The first-order valence-corrected chi connectivity index (χ1v) is 5.20. The Labute approximate surface area is 91.4 Å². The Morgan fingerprint density at radius 1 is 1.38 bits per heavy atom. The lowest BCUT2D eigenvalue weighted by molar-refractivity contribution is -0.142. The Morgan fingerprint density at radius 2 is 2.00 bits per heavy atom. The van der Waals surface area contributed by atoms with Crippen LogP contribution in [0.2, 0.25) is 0 Å². The average Bonchev–Trinajstić information content (AvgIpc) is 2.09. The molecule has 1 rings (SSSR count). The van der Waals surface area contributed by atoms with Gasteiger partial charge in [0.2, 0.25) is 0 Å². The second kappa shape index (κ2) is 5.21. The van der Waals surface area contributed by atoms with E-state index in [1.165, 1.54) is 3.57 Å². The van der Waals surface area contributed by atoms with Gasteiger partial charge in [-0.15, -0.1) is 0 Å². The molecule has 0 aliphatic carbocycles. The van der Waals surface area contributed by atoms with Crippen LogP contribution in [0.15, 0.2) is 24.3 Å². The summed E-state index contributed by atoms with van der Waals surface area (Å²) in [6, 6.07) is 7.85. The van der Waals surface area contributed by atoms with Gasteiger partial charge in [0, 0.05) is 3.57 Å². The standard InChI is InChI=1S/C10H11IO2/c1-2-13-10(12)7-8-3-5-9(11)6-4-8/h3-6H,2,7H2,1H3. The van der Waals surface area contributed by atoms with Crippen LogP contribution in [0, 0.1) is 3.57 Å². The molecule has 0 fully saturated rings. The number of hydrogen-bond acceptors (Lipinski definition) is 2. The van der Waals surface area contributed by atoms with Gasteiger partial charge in [0.1, 0.15) is 0 Å². The average molecular weight is 290 g/mol. The van der Waals surface area contributed by atoms with Crippen molar-refractivity contribution in [1.82, 2.24) is 0 Å². The van der Waals surface area contributed by atoms with Gasteiger partial charge in [-0.1, -0.05) is 12.1 Å². The van der Waals surface area contributed by atoms with Crippen LogP contribution in [-0.2, 0) is 16.0 Å². The van der Waals surface area contributed by atoms with Gasteiger partial charge in [0.05, 0.1) is 13.0 Å². The lowest BCUT2D eigenvalue weighted by Crippen LogP contribution is -2.07. The highest BCUT2D eigenvalue weighted by atomic mass is 127. The van der Waals surface area contributed by atoms with E-state index in [2.05, 4.69) is 22.6 Å². The Hall–Kier alpha value is -0.580. The maximum absolute atomic E-state index is 11.1. The Bertz CT molecular complexity index is 279. The van der Waals surface area contributed by atoms with Crippen molar-refractivity contribution < 1.29 is 9.53 Å². The molecular formula is C10H11IO2. The zero-order valence-corrected chi connectivity index (χ0v) is 9.58. The number of benzene rings is 1. The maximum Gasteiger partial charge on any atom is 0.310 e. The second-order valence-corrected chi connectivity index (χ2v) is 3.85. The van der Waals surface area contributed by atoms with Crippen LogP contribution in [-0.4, -0.2) is 12.6 Å². The summed E-state index contributed by atoms with van der Waals surface area (Å²) in [6.45, 7) is 2.26. The van der Waals surface area contributed by atoms with Crippen LogP contribution in [0.3, 0.4) is 0 Å². The van der Waals surface area contributed by atoms with Crippen LogP contribution < -0.4 is 0 Å². The van der Waals surface area contributed by atoms with Crippen molar-refractivity contribution in [1.29, 1.82) is 0 Å². The van der Waals surface area contributed by atoms with Gasteiger partial charge >= 0.3 is 5.97 Å². The largest absolute Gasteiger partial charge is 0.466 e. The molecule has 1 aromatic rings. The highest BCUT2D eigenvalue weighted by Gasteiger charge is 2.02. The SMILES string of the molecule is CCOC(=O)Cc1ccc(I)cc1. The molecule has 13 heavy (non-hydrogen) atoms. The van der Waals surface area contributed by atoms with Crippen LogP contribution in [0.5, 0.6) is 0 Å². The van der Waals surface area contributed by atoms with E-state index in [0.717, 1.165) is 5.56 Å². The molecule has 0 aliphatic heterocycles. The van der Waals surface area contributed by atoms with Gasteiger partial charge in [-0.05, 0) is 47.2 Å². The van der Waals surface area contributed by atoms with Gasteiger partial charge in [-0.25, -0.2) is 0 Å². The highest BCUT2D eigenvalue weighted by Crippen LogP contribution is 2.07. The highest BCUT2D eigenvalue weighted by molar-refractivity contribution is 14.1. The number of halogens is 1. The van der Waals surface area contributed by atoms with Crippen LogP contribution >= 0.6 is 22.6 Å². The first-order valence-electron chi connectivity index (χ1n) is 4.12. The van der Waals surface area contributed by atoms with Crippen LogP contribution in [0.4, 0.5) is 0 Å². The number of hydrogen-bond donors (Lipinski definition) is 0. The van der Waals surface area contributed by atoms with E-state index in [0.29, 0.717) is 13.0 Å². The summed E-state index contributed by atoms with van der Waals surface area (Å²) >= 11 is 2.23. The lowest BCUT2D eigenvalue weighted by Gasteiger charge is -2.01. The fourth-order valence-electron chi connectivity index (χ4n) is 0.981. The monoisotopic (exact) mass is 290 g/mol. The summed E-state index contributed by atoms with van der Waals surface area (Å²) in [5, 5.41) is 0. The van der Waals surface area contributed by atoms with Crippen LogP contribution in [0.1, 0.15) is 12.5 Å². The molecule has 0 unspecified atom stereocenters. The fourth-order valence-corrected chi connectivity index (χ4v) is 1.34. The van der Waals surface area contributed by atoms with E-state index in [1.54, 1.807) is 0 Å². The third kappa shape index (κ3) is 3.76. The Kier molecular flexibility index (Phi) is 4.21. The molecule has 0 amide bonds. The first-order chi connectivity index (χ1) is 6.22. The summed E-state index contributed by atoms with van der Waals surface area (Å²) in [6.07, 6.45) is 0.366. The Morgan fingerprint density at radius 3 is 2.54 bits per heavy atom. The molecule has 3 heteroatoms. The van der Waals surface area contributed by atoms with E-state index >= 15 is 0 Å². The summed E-state index contributed by atoms with van der Waals surface area (Å²) in [7, 11) is 0. The predicted octanol–water partition coefficient (Wildman–Crippen LogP) is 2.40. The minimum atomic E-state index is -0.163. The smallest absolute Gasteiger partial charge is 0.310 e. The zero-order chi connectivity index (χ0) is 9.68. The molecule has 0 spiro atoms. The molecule has 1 aromatic carbocycles. The van der Waals surface area contributed by atoms with Gasteiger partial charge in [-0.2, -0.15) is 0 Å². The molecule has 0 aliphatic rings. The summed E-state index contributed by atoms with van der Waals surface area (Å²) in [5.41, 5.74) is 0.999. The van der Waals surface area contributed by atoms with E-state index in [4.69, 9.17) is 4.74 Å². The van der Waals surface area contributed by atoms with Gasteiger partial charge in [0.25, 0.3) is 0 Å². The first kappa shape index (κ1) is 10.5. The fraction of sp³-hybridized carbons (Fsp3) is 0.300. The van der Waals surface area contributed by atoms with Crippen molar-refractivity contribution in [3.05, 3.63) is 33.4 Å². The molecule has 0 radical (unpaired) electrons. The van der Waals surface area contributed by atoms with Gasteiger partial charge in [0.15, 0.2) is 0 Å². The summed E-state index contributed by atoms with van der Waals surface area (Å²) in [4.78, 5) is 11.1. The van der Waals surface area contributed by atoms with Gasteiger partial charge < -0.3 is 4.74 Å². The third-order valence-corrected chi connectivity index (χ3v) is 2.29. The van der Waals surface area contributed by atoms with E-state index < -0.39 is 0 Å². The zero-order valence-electron chi connectivity index (χ0n) is 7.42. The third-order valence-electron chi connectivity index (χ3n) is 1.57. The number of carbonyl (C=O) groups excluding carboxylic acids is 1. The van der Waals surface area contributed by atoms with Gasteiger partial charge in [-0.3, -0.25) is 4.79 Å². The topological polar surface area (TPSA) is 26.3 Å². The Balaban J connectivity index is 2.54. The molecule has 0 aromatic heterocycles. The van der Waals surface area contributed by atoms with Crippen molar-refractivity contribution in [3.63, 3.8) is 0 Å². The molecule has 0 heterocycles. The predicted molar refractivity (Wildman–Crippen MR) is 59.5 cm³/mol. The minimum Gasteiger partial charge on any atom is -0.466 e. The molecule has 0 saturated carbocycles. The quantitative estimate of drug-likeness (QED) is 0.631. The minimum absolute atomic E-state index is 0.163. The number of carbonyl (C=O) groups is 1. The van der Waals surface area contributed by atoms with E-state index in [9.17, 15) is 4.79 Å². The van der Waals surface area contributed by atoms with E-state index in [-0.39, 0.29) is 5.97 Å². The lowest BCUT2D eigenvalue weighted by atomic mass is 10.2. The number of rotatable bonds is 3. The van der Waals surface area contributed by atoms with Crippen molar-refractivity contribution in [2.75, 3.05) is 6.61 Å². The summed E-state index contributed by atoms with van der Waals surface area (Å²) < 4.78 is 6.01. The summed E-state index contributed by atoms with van der Waals surface area (Å²) in [5.74, 6) is -0.163. The molecule has 0 N–H and O–H groups in total. The molecule has 70 valence electrons. The maximum atomic E-state index is 11.1. The number of ether oxygens (including phenoxy) is 1.